The summed E-state index contributed by atoms with van der Waals surface area (Å²) in [4.78, 5) is 15.8. The number of rotatable bonds is 5. The van der Waals surface area contributed by atoms with E-state index in [0.717, 1.165) is 35.6 Å². The second kappa shape index (κ2) is 5.44. The summed E-state index contributed by atoms with van der Waals surface area (Å²) in [5, 5.41) is 9.27. The van der Waals surface area contributed by atoms with Crippen molar-refractivity contribution in [1.82, 2.24) is 9.55 Å². The largest absolute Gasteiger partial charge is 0.478 e. The molecule has 1 heterocycles. The summed E-state index contributed by atoms with van der Waals surface area (Å²) in [6.45, 7) is 2.84. The Morgan fingerprint density at radius 3 is 2.89 bits per heavy atom. The Hall–Kier alpha value is -1.49. The highest BCUT2D eigenvalue weighted by atomic mass is 32.2. The van der Waals surface area contributed by atoms with Gasteiger partial charge in [0.05, 0.1) is 16.6 Å². The average molecular weight is 264 g/mol. The van der Waals surface area contributed by atoms with Crippen LogP contribution in [0.5, 0.6) is 0 Å². The van der Waals surface area contributed by atoms with Gasteiger partial charge in [-0.2, -0.15) is 11.8 Å². The van der Waals surface area contributed by atoms with Crippen LogP contribution in [0.1, 0.15) is 23.1 Å². The summed E-state index contributed by atoms with van der Waals surface area (Å²) in [5.74, 6) is 1.01. The molecule has 1 N–H and O–H groups in total. The fourth-order valence-corrected chi connectivity index (χ4v) is 2.46. The van der Waals surface area contributed by atoms with Crippen LogP contribution in [0.15, 0.2) is 18.2 Å². The molecule has 0 amide bonds. The molecule has 0 bridgehead atoms. The number of aromatic carboxylic acids is 1. The normalized spacial score (nSPS) is 11.0. The molecular weight excluding hydrogens is 248 g/mol. The van der Waals surface area contributed by atoms with Gasteiger partial charge < -0.3 is 9.67 Å². The first-order chi connectivity index (χ1) is 8.69. The molecule has 0 radical (unpaired) electrons. The van der Waals surface area contributed by atoms with Crippen LogP contribution < -0.4 is 0 Å². The SMILES string of the molecule is CCc1nc2cccc(C(=O)O)c2n1CCSC. The van der Waals surface area contributed by atoms with E-state index in [1.54, 1.807) is 23.9 Å². The molecule has 0 aliphatic carbocycles. The number of aromatic nitrogens is 2. The van der Waals surface area contributed by atoms with Crippen molar-refractivity contribution < 1.29 is 9.90 Å². The van der Waals surface area contributed by atoms with Crippen LogP contribution in [-0.2, 0) is 13.0 Å². The van der Waals surface area contributed by atoms with Crippen molar-refractivity contribution in [2.45, 2.75) is 19.9 Å². The van der Waals surface area contributed by atoms with Crippen molar-refractivity contribution in [3.63, 3.8) is 0 Å². The van der Waals surface area contributed by atoms with Gasteiger partial charge >= 0.3 is 5.97 Å². The van der Waals surface area contributed by atoms with E-state index in [0.29, 0.717) is 5.56 Å². The highest BCUT2D eigenvalue weighted by Gasteiger charge is 2.16. The zero-order valence-corrected chi connectivity index (χ0v) is 11.3. The Morgan fingerprint density at radius 1 is 1.50 bits per heavy atom. The Kier molecular flexibility index (Phi) is 3.91. The van der Waals surface area contributed by atoms with Crippen molar-refractivity contribution >= 4 is 28.8 Å². The van der Waals surface area contributed by atoms with E-state index in [4.69, 9.17) is 0 Å². The molecule has 0 aliphatic rings. The zero-order valence-electron chi connectivity index (χ0n) is 10.5. The molecule has 5 heteroatoms. The topological polar surface area (TPSA) is 55.1 Å². The van der Waals surface area contributed by atoms with E-state index in [2.05, 4.69) is 4.98 Å². The van der Waals surface area contributed by atoms with Crippen molar-refractivity contribution in [2.75, 3.05) is 12.0 Å². The number of para-hydroxylation sites is 1. The molecule has 2 aromatic rings. The third-order valence-corrected chi connectivity index (χ3v) is 3.50. The van der Waals surface area contributed by atoms with Crippen LogP contribution in [-0.4, -0.2) is 32.6 Å². The minimum atomic E-state index is -0.895. The van der Waals surface area contributed by atoms with Gasteiger partial charge in [0.15, 0.2) is 0 Å². The summed E-state index contributed by atoms with van der Waals surface area (Å²) in [7, 11) is 0. The number of hydrogen-bond acceptors (Lipinski definition) is 3. The predicted octanol–water partition coefficient (Wildman–Crippen LogP) is 2.66. The molecule has 0 atom stereocenters. The van der Waals surface area contributed by atoms with Gasteiger partial charge in [-0.15, -0.1) is 0 Å². The summed E-state index contributed by atoms with van der Waals surface area (Å²) < 4.78 is 2.04. The second-order valence-corrected chi connectivity index (χ2v) is 4.99. The molecule has 0 aliphatic heterocycles. The second-order valence-electron chi connectivity index (χ2n) is 4.00. The van der Waals surface area contributed by atoms with Gasteiger partial charge in [0.25, 0.3) is 0 Å². The van der Waals surface area contributed by atoms with Crippen molar-refractivity contribution in [3.05, 3.63) is 29.6 Å². The van der Waals surface area contributed by atoms with Crippen molar-refractivity contribution in [2.24, 2.45) is 0 Å². The fourth-order valence-electron chi connectivity index (χ4n) is 2.10. The summed E-state index contributed by atoms with van der Waals surface area (Å²) in [6, 6.07) is 5.26. The van der Waals surface area contributed by atoms with Crippen molar-refractivity contribution in [1.29, 1.82) is 0 Å². The van der Waals surface area contributed by atoms with E-state index in [1.807, 2.05) is 23.8 Å². The smallest absolute Gasteiger partial charge is 0.337 e. The van der Waals surface area contributed by atoms with E-state index in [1.165, 1.54) is 0 Å². The van der Waals surface area contributed by atoms with Crippen LogP contribution >= 0.6 is 11.8 Å². The summed E-state index contributed by atoms with van der Waals surface area (Å²) in [5.41, 5.74) is 1.85. The number of benzene rings is 1. The first kappa shape index (κ1) is 13.0. The standard InChI is InChI=1S/C13H16N2O2S/c1-3-11-14-10-6-4-5-9(13(16)17)12(10)15(11)7-8-18-2/h4-6H,3,7-8H2,1-2H3,(H,16,17). The van der Waals surface area contributed by atoms with E-state index in [9.17, 15) is 9.90 Å². The summed E-state index contributed by atoms with van der Waals surface area (Å²) in [6.07, 6.45) is 2.85. The molecule has 96 valence electrons. The number of hydrogen-bond donors (Lipinski definition) is 1. The van der Waals surface area contributed by atoms with Crippen LogP contribution in [0, 0.1) is 0 Å². The lowest BCUT2D eigenvalue weighted by molar-refractivity contribution is 0.0698. The van der Waals surface area contributed by atoms with Crippen LogP contribution in [0.4, 0.5) is 0 Å². The molecular formula is C13H16N2O2S. The number of carboxylic acids is 1. The van der Waals surface area contributed by atoms with Gasteiger partial charge in [-0.3, -0.25) is 0 Å². The van der Waals surface area contributed by atoms with Gasteiger partial charge in [0.1, 0.15) is 5.82 Å². The quantitative estimate of drug-likeness (QED) is 0.902. The number of aryl methyl sites for hydroxylation is 2. The van der Waals surface area contributed by atoms with Gasteiger partial charge in [0.2, 0.25) is 0 Å². The Labute approximate surface area is 110 Å². The van der Waals surface area contributed by atoms with Gasteiger partial charge in [-0.05, 0) is 18.4 Å². The lowest BCUT2D eigenvalue weighted by atomic mass is 10.2. The molecule has 0 fully saturated rings. The van der Waals surface area contributed by atoms with Crippen LogP contribution in [0.2, 0.25) is 0 Å². The first-order valence-electron chi connectivity index (χ1n) is 5.89. The Bertz CT molecular complexity index is 578. The number of nitrogens with zero attached hydrogens (tertiary/aromatic N) is 2. The molecule has 1 aromatic carbocycles. The molecule has 2 rings (SSSR count). The molecule has 18 heavy (non-hydrogen) atoms. The lowest BCUT2D eigenvalue weighted by Gasteiger charge is -2.08. The first-order valence-corrected chi connectivity index (χ1v) is 7.28. The molecule has 0 saturated heterocycles. The minimum Gasteiger partial charge on any atom is -0.478 e. The molecule has 4 nitrogen and oxygen atoms in total. The van der Waals surface area contributed by atoms with Gasteiger partial charge in [0, 0.05) is 18.7 Å². The van der Waals surface area contributed by atoms with E-state index in [-0.39, 0.29) is 0 Å². The van der Waals surface area contributed by atoms with E-state index >= 15 is 0 Å². The number of carbonyl (C=O) groups is 1. The summed E-state index contributed by atoms with van der Waals surface area (Å²) >= 11 is 1.75. The number of thioether (sulfide) groups is 1. The average Bonchev–Trinajstić information content (AvgIpc) is 2.73. The highest BCUT2D eigenvalue weighted by molar-refractivity contribution is 7.98. The number of imidazole rings is 1. The molecule has 0 unspecified atom stereocenters. The highest BCUT2D eigenvalue weighted by Crippen LogP contribution is 2.21. The molecule has 0 spiro atoms. The van der Waals surface area contributed by atoms with Gasteiger partial charge in [-0.1, -0.05) is 13.0 Å². The van der Waals surface area contributed by atoms with E-state index < -0.39 is 5.97 Å². The Balaban J connectivity index is 2.66. The van der Waals surface area contributed by atoms with Gasteiger partial charge in [-0.25, -0.2) is 9.78 Å². The number of carboxylic acid groups (broad SMARTS) is 1. The minimum absolute atomic E-state index is 0.334. The predicted molar refractivity (Wildman–Crippen MR) is 74.5 cm³/mol. The maximum absolute atomic E-state index is 11.3. The van der Waals surface area contributed by atoms with Crippen LogP contribution in [0.3, 0.4) is 0 Å². The zero-order chi connectivity index (χ0) is 13.1. The third-order valence-electron chi connectivity index (χ3n) is 2.91. The fraction of sp³-hybridized carbons (Fsp3) is 0.385. The maximum Gasteiger partial charge on any atom is 0.337 e. The van der Waals surface area contributed by atoms with Crippen molar-refractivity contribution in [3.8, 4) is 0 Å². The van der Waals surface area contributed by atoms with Crippen LogP contribution in [0.25, 0.3) is 11.0 Å². The maximum atomic E-state index is 11.3. The third kappa shape index (κ3) is 2.22. The molecule has 1 aromatic heterocycles. The lowest BCUT2D eigenvalue weighted by Crippen LogP contribution is -2.08. The number of fused-ring (bicyclic) bond motifs is 1. The monoisotopic (exact) mass is 264 g/mol. The Morgan fingerprint density at radius 2 is 2.28 bits per heavy atom. The molecule has 0 saturated carbocycles.